The molecule has 0 aliphatic carbocycles. The summed E-state index contributed by atoms with van der Waals surface area (Å²) in [6.07, 6.45) is 0.619. The molecular formula is C22H26N4O3. The van der Waals surface area contributed by atoms with Crippen LogP contribution in [0, 0.1) is 0 Å². The molecular weight excluding hydrogens is 368 g/mol. The molecule has 0 bridgehead atoms. The van der Waals surface area contributed by atoms with E-state index < -0.39 is 0 Å². The molecule has 0 saturated carbocycles. The molecule has 4 rings (SSSR count). The summed E-state index contributed by atoms with van der Waals surface area (Å²) in [4.78, 5) is 12.2. The van der Waals surface area contributed by atoms with Crippen LogP contribution >= 0.6 is 0 Å². The molecule has 0 amide bonds. The summed E-state index contributed by atoms with van der Waals surface area (Å²) >= 11 is 0. The van der Waals surface area contributed by atoms with E-state index in [1.54, 1.807) is 21.3 Å². The number of hydrogen-bond acceptors (Lipinski definition) is 7. The van der Waals surface area contributed by atoms with Crippen molar-refractivity contribution >= 4 is 16.9 Å². The number of rotatable bonds is 6. The molecule has 0 spiro atoms. The van der Waals surface area contributed by atoms with E-state index in [9.17, 15) is 0 Å². The molecule has 152 valence electrons. The van der Waals surface area contributed by atoms with Crippen LogP contribution in [-0.4, -0.2) is 57.5 Å². The monoisotopic (exact) mass is 394 g/mol. The Morgan fingerprint density at radius 2 is 1.52 bits per heavy atom. The number of nitrogens with zero attached hydrogens (tertiary/aromatic N) is 3. The van der Waals surface area contributed by atoms with Crippen LogP contribution in [0.3, 0.4) is 0 Å². The summed E-state index contributed by atoms with van der Waals surface area (Å²) in [5.74, 6) is 2.81. The van der Waals surface area contributed by atoms with E-state index in [-0.39, 0.29) is 0 Å². The van der Waals surface area contributed by atoms with Gasteiger partial charge in [0, 0.05) is 32.6 Å². The van der Waals surface area contributed by atoms with Gasteiger partial charge >= 0.3 is 0 Å². The highest BCUT2D eigenvalue weighted by atomic mass is 16.5. The normalized spacial score (nSPS) is 14.1. The van der Waals surface area contributed by atoms with Gasteiger partial charge in [-0.2, -0.15) is 0 Å². The number of para-hydroxylation sites is 2. The van der Waals surface area contributed by atoms with E-state index in [1.165, 1.54) is 0 Å². The lowest BCUT2D eigenvalue weighted by atomic mass is 10.1. The zero-order chi connectivity index (χ0) is 20.2. The highest BCUT2D eigenvalue weighted by molar-refractivity contribution is 5.76. The number of methoxy groups -OCH3 is 3. The number of benzene rings is 2. The third-order valence-electron chi connectivity index (χ3n) is 5.13. The quantitative estimate of drug-likeness (QED) is 0.689. The Morgan fingerprint density at radius 3 is 2.10 bits per heavy atom. The second-order valence-electron chi connectivity index (χ2n) is 6.93. The fourth-order valence-corrected chi connectivity index (χ4v) is 3.71. The molecule has 29 heavy (non-hydrogen) atoms. The minimum atomic E-state index is 0.589. The van der Waals surface area contributed by atoms with E-state index in [1.807, 2.05) is 36.4 Å². The summed E-state index contributed by atoms with van der Waals surface area (Å²) in [5.41, 5.74) is 3.78. The average Bonchev–Trinajstić information content (AvgIpc) is 2.78. The number of fused-ring (bicyclic) bond motifs is 1. The summed E-state index contributed by atoms with van der Waals surface area (Å²) < 4.78 is 16.5. The van der Waals surface area contributed by atoms with E-state index in [0.29, 0.717) is 23.7 Å². The van der Waals surface area contributed by atoms with Gasteiger partial charge in [-0.25, -0.2) is 9.97 Å². The summed E-state index contributed by atoms with van der Waals surface area (Å²) in [5, 5.41) is 3.40. The topological polar surface area (TPSA) is 68.7 Å². The number of anilines is 1. The molecule has 0 radical (unpaired) electrons. The van der Waals surface area contributed by atoms with Crippen LogP contribution in [0.1, 0.15) is 11.3 Å². The Balaban J connectivity index is 1.78. The summed E-state index contributed by atoms with van der Waals surface area (Å²) in [7, 11) is 4.86. The first-order valence-corrected chi connectivity index (χ1v) is 9.73. The molecule has 1 fully saturated rings. The smallest absolute Gasteiger partial charge is 0.203 e. The molecule has 3 aromatic rings. The van der Waals surface area contributed by atoms with Crippen LogP contribution in [0.25, 0.3) is 11.0 Å². The zero-order valence-electron chi connectivity index (χ0n) is 17.1. The van der Waals surface area contributed by atoms with E-state index in [4.69, 9.17) is 24.2 Å². The van der Waals surface area contributed by atoms with Crippen LogP contribution in [0.5, 0.6) is 17.2 Å². The van der Waals surface area contributed by atoms with Crippen LogP contribution in [0.15, 0.2) is 36.4 Å². The first-order chi connectivity index (χ1) is 14.2. The predicted molar refractivity (Wildman–Crippen MR) is 114 cm³/mol. The first kappa shape index (κ1) is 19.3. The lowest BCUT2D eigenvalue weighted by Gasteiger charge is -2.30. The third-order valence-corrected chi connectivity index (χ3v) is 5.13. The van der Waals surface area contributed by atoms with Crippen molar-refractivity contribution in [1.82, 2.24) is 15.3 Å². The number of piperazine rings is 1. The molecule has 0 atom stereocenters. The number of aromatic nitrogens is 2. The summed E-state index contributed by atoms with van der Waals surface area (Å²) in [6, 6.07) is 11.9. The van der Waals surface area contributed by atoms with Crippen LogP contribution in [0.2, 0.25) is 0 Å². The zero-order valence-corrected chi connectivity index (χ0v) is 17.1. The molecule has 1 aliphatic heterocycles. The van der Waals surface area contributed by atoms with Gasteiger partial charge in [0.2, 0.25) is 5.75 Å². The van der Waals surface area contributed by atoms with Crippen molar-refractivity contribution in [3.63, 3.8) is 0 Å². The molecule has 1 aliphatic rings. The van der Waals surface area contributed by atoms with Crippen LogP contribution < -0.4 is 24.4 Å². The molecule has 2 heterocycles. The fraction of sp³-hybridized carbons (Fsp3) is 0.364. The standard InChI is InChI=1S/C22H26N4O3/c1-27-19-13-15(14-20(28-2)21(19)29-3)12-18-22(26-10-8-23-9-11-26)25-17-7-5-4-6-16(17)24-18/h4-7,13-14,23H,8-12H2,1-3H3. The maximum absolute atomic E-state index is 5.51. The predicted octanol–water partition coefficient (Wildman–Crippen LogP) is 2.66. The number of hydrogen-bond donors (Lipinski definition) is 1. The van der Waals surface area contributed by atoms with Gasteiger partial charge in [0.25, 0.3) is 0 Å². The Bertz CT molecular complexity index is 978. The largest absolute Gasteiger partial charge is 0.493 e. The van der Waals surface area contributed by atoms with Crippen molar-refractivity contribution in [3.05, 3.63) is 47.7 Å². The molecule has 7 heteroatoms. The van der Waals surface area contributed by atoms with Gasteiger partial charge in [-0.15, -0.1) is 0 Å². The minimum Gasteiger partial charge on any atom is -0.493 e. The van der Waals surface area contributed by atoms with Gasteiger partial charge in [-0.1, -0.05) is 12.1 Å². The average molecular weight is 394 g/mol. The van der Waals surface area contributed by atoms with Crippen molar-refractivity contribution in [2.75, 3.05) is 52.4 Å². The van der Waals surface area contributed by atoms with Crippen molar-refractivity contribution in [3.8, 4) is 17.2 Å². The second-order valence-corrected chi connectivity index (χ2v) is 6.93. The fourth-order valence-electron chi connectivity index (χ4n) is 3.71. The van der Waals surface area contributed by atoms with Crippen LogP contribution in [-0.2, 0) is 6.42 Å². The molecule has 0 unspecified atom stereocenters. The molecule has 1 saturated heterocycles. The van der Waals surface area contributed by atoms with E-state index in [0.717, 1.165) is 54.3 Å². The highest BCUT2D eigenvalue weighted by Gasteiger charge is 2.20. The Labute approximate surface area is 170 Å². The minimum absolute atomic E-state index is 0.589. The molecule has 1 N–H and O–H groups in total. The molecule has 2 aromatic carbocycles. The van der Waals surface area contributed by atoms with Gasteiger partial charge in [0.15, 0.2) is 17.3 Å². The van der Waals surface area contributed by atoms with Crippen molar-refractivity contribution < 1.29 is 14.2 Å². The van der Waals surface area contributed by atoms with Gasteiger partial charge in [0.05, 0.1) is 38.1 Å². The number of ether oxygens (including phenoxy) is 3. The van der Waals surface area contributed by atoms with Gasteiger partial charge in [0.1, 0.15) is 0 Å². The Morgan fingerprint density at radius 1 is 0.897 bits per heavy atom. The van der Waals surface area contributed by atoms with Gasteiger partial charge < -0.3 is 24.4 Å². The van der Waals surface area contributed by atoms with Gasteiger partial charge in [-0.05, 0) is 29.8 Å². The lowest BCUT2D eigenvalue weighted by Crippen LogP contribution is -2.44. The maximum Gasteiger partial charge on any atom is 0.203 e. The first-order valence-electron chi connectivity index (χ1n) is 9.73. The number of nitrogens with one attached hydrogen (secondary N) is 1. The van der Waals surface area contributed by atoms with Crippen molar-refractivity contribution in [2.24, 2.45) is 0 Å². The van der Waals surface area contributed by atoms with E-state index in [2.05, 4.69) is 10.2 Å². The SMILES string of the molecule is COc1cc(Cc2nc3ccccc3nc2N2CCNCC2)cc(OC)c1OC. The third kappa shape index (κ3) is 3.91. The summed E-state index contributed by atoms with van der Waals surface area (Å²) in [6.45, 7) is 3.71. The Hall–Kier alpha value is -3.06. The van der Waals surface area contributed by atoms with Crippen molar-refractivity contribution in [1.29, 1.82) is 0 Å². The van der Waals surface area contributed by atoms with E-state index >= 15 is 0 Å². The molecule has 7 nitrogen and oxygen atoms in total. The second kappa shape index (κ2) is 8.53. The maximum atomic E-state index is 5.51. The highest BCUT2D eigenvalue weighted by Crippen LogP contribution is 2.39. The Kier molecular flexibility index (Phi) is 5.67. The van der Waals surface area contributed by atoms with Crippen LogP contribution in [0.4, 0.5) is 5.82 Å². The van der Waals surface area contributed by atoms with Gasteiger partial charge in [-0.3, -0.25) is 0 Å². The van der Waals surface area contributed by atoms with Crippen molar-refractivity contribution in [2.45, 2.75) is 6.42 Å². The molecule has 1 aromatic heterocycles. The lowest BCUT2D eigenvalue weighted by molar-refractivity contribution is 0.324.